The van der Waals surface area contributed by atoms with Gasteiger partial charge in [0.15, 0.2) is 5.76 Å². The van der Waals surface area contributed by atoms with Crippen LogP contribution in [0.3, 0.4) is 0 Å². The minimum atomic E-state index is -0.770. The second-order valence-corrected chi connectivity index (χ2v) is 8.17. The number of carboxylic acid groups (broad SMARTS) is 1. The molecule has 0 unspecified atom stereocenters. The van der Waals surface area contributed by atoms with E-state index < -0.39 is 18.2 Å². The highest BCUT2D eigenvalue weighted by Crippen LogP contribution is 2.34. The topological polar surface area (TPSA) is 111 Å². The highest BCUT2D eigenvalue weighted by Gasteiger charge is 2.31. The summed E-state index contributed by atoms with van der Waals surface area (Å²) in [5, 5.41) is 15.9. The molecule has 0 bridgehead atoms. The fourth-order valence-corrected chi connectivity index (χ4v) is 3.95. The first-order chi connectivity index (χ1) is 15.9. The third-order valence-corrected chi connectivity index (χ3v) is 5.80. The van der Waals surface area contributed by atoms with Crippen molar-refractivity contribution in [1.82, 2.24) is 5.16 Å². The van der Waals surface area contributed by atoms with E-state index in [1.54, 1.807) is 26.0 Å². The smallest absolute Gasteiger partial charge is 0.412 e. The van der Waals surface area contributed by atoms with Crippen LogP contribution in [0.15, 0.2) is 59.1 Å². The minimum absolute atomic E-state index is 0.108. The molecule has 1 fully saturated rings. The largest absolute Gasteiger partial charge is 0.490 e. The molecule has 0 radical (unpaired) electrons. The number of carbonyl (C=O) groups is 2. The van der Waals surface area contributed by atoms with Gasteiger partial charge in [-0.15, -0.1) is 0 Å². The van der Waals surface area contributed by atoms with E-state index in [1.165, 1.54) is 0 Å². The molecule has 172 valence electrons. The summed E-state index contributed by atoms with van der Waals surface area (Å²) in [4.78, 5) is 23.6. The van der Waals surface area contributed by atoms with E-state index in [-0.39, 0.29) is 12.0 Å². The Morgan fingerprint density at radius 3 is 2.52 bits per heavy atom. The number of carboxylic acids is 1. The zero-order valence-corrected chi connectivity index (χ0v) is 18.5. The minimum Gasteiger partial charge on any atom is -0.490 e. The first-order valence-electron chi connectivity index (χ1n) is 10.9. The Morgan fingerprint density at radius 2 is 1.85 bits per heavy atom. The lowest BCUT2D eigenvalue weighted by Gasteiger charge is -2.15. The van der Waals surface area contributed by atoms with Crippen LogP contribution < -0.4 is 10.1 Å². The number of hydrogen-bond donors (Lipinski definition) is 2. The van der Waals surface area contributed by atoms with E-state index in [1.807, 2.05) is 42.5 Å². The van der Waals surface area contributed by atoms with Crippen LogP contribution in [0.2, 0.25) is 0 Å². The van der Waals surface area contributed by atoms with Crippen molar-refractivity contribution in [2.24, 2.45) is 5.92 Å². The molecule has 2 aromatic carbocycles. The molecule has 3 aromatic rings. The van der Waals surface area contributed by atoms with Gasteiger partial charge in [-0.25, -0.2) is 4.79 Å². The fourth-order valence-electron chi connectivity index (χ4n) is 3.95. The van der Waals surface area contributed by atoms with Crippen LogP contribution in [-0.4, -0.2) is 28.4 Å². The SMILES string of the molecule is Cc1noc(-c2ccc(O[C@H]3CC[C@H](C(=O)O)C3)cc2)c1NC(=O)O[C@H](C)c1ccccc1. The number of anilines is 1. The first kappa shape index (κ1) is 22.4. The Morgan fingerprint density at radius 1 is 1.12 bits per heavy atom. The molecule has 0 aliphatic heterocycles. The third kappa shape index (κ3) is 5.34. The summed E-state index contributed by atoms with van der Waals surface area (Å²) >= 11 is 0. The van der Waals surface area contributed by atoms with Gasteiger partial charge in [0.25, 0.3) is 0 Å². The zero-order valence-electron chi connectivity index (χ0n) is 18.5. The molecule has 1 aromatic heterocycles. The molecule has 0 saturated heterocycles. The number of rotatable bonds is 7. The predicted octanol–water partition coefficient (Wildman–Crippen LogP) is 5.59. The van der Waals surface area contributed by atoms with Crippen LogP contribution in [-0.2, 0) is 9.53 Å². The van der Waals surface area contributed by atoms with Crippen molar-refractivity contribution in [3.05, 3.63) is 65.9 Å². The standard InChI is InChI=1S/C25H26N2O6/c1-15-22(26-25(30)31-16(2)17-6-4-3-5-7-17)23(33-27-15)18-8-11-20(12-9-18)32-21-13-10-19(14-21)24(28)29/h3-9,11-12,16,19,21H,10,13-14H2,1-2H3,(H,26,30)(H,28,29)/t16-,19+,21+/m1/s1. The van der Waals surface area contributed by atoms with Crippen molar-refractivity contribution in [1.29, 1.82) is 0 Å². The summed E-state index contributed by atoms with van der Waals surface area (Å²) < 4.78 is 16.9. The molecule has 0 spiro atoms. The quantitative estimate of drug-likeness (QED) is 0.482. The van der Waals surface area contributed by atoms with Crippen LogP contribution >= 0.6 is 0 Å². The fraction of sp³-hybridized carbons (Fsp3) is 0.320. The van der Waals surface area contributed by atoms with Gasteiger partial charge in [-0.05, 0) is 62.9 Å². The van der Waals surface area contributed by atoms with E-state index in [4.69, 9.17) is 19.1 Å². The van der Waals surface area contributed by atoms with Crippen molar-refractivity contribution < 1.29 is 28.7 Å². The molecule has 3 atom stereocenters. The van der Waals surface area contributed by atoms with E-state index >= 15 is 0 Å². The van der Waals surface area contributed by atoms with Gasteiger partial charge in [-0.2, -0.15) is 0 Å². The van der Waals surface area contributed by atoms with Gasteiger partial charge in [0.05, 0.1) is 12.0 Å². The van der Waals surface area contributed by atoms with Crippen molar-refractivity contribution >= 4 is 17.7 Å². The highest BCUT2D eigenvalue weighted by molar-refractivity contribution is 5.90. The number of ether oxygens (including phenoxy) is 2. The first-order valence-corrected chi connectivity index (χ1v) is 10.9. The van der Waals surface area contributed by atoms with Crippen molar-refractivity contribution in [2.45, 2.75) is 45.3 Å². The monoisotopic (exact) mass is 450 g/mol. The average Bonchev–Trinajstić information content (AvgIpc) is 3.42. The van der Waals surface area contributed by atoms with E-state index in [0.29, 0.717) is 41.3 Å². The summed E-state index contributed by atoms with van der Waals surface area (Å²) in [5.41, 5.74) is 2.57. The number of nitrogens with zero attached hydrogens (tertiary/aromatic N) is 1. The number of carbonyl (C=O) groups excluding carboxylic acids is 1. The number of hydrogen-bond acceptors (Lipinski definition) is 6. The van der Waals surface area contributed by atoms with Crippen LogP contribution in [0.4, 0.5) is 10.5 Å². The molecule has 2 N–H and O–H groups in total. The van der Waals surface area contributed by atoms with Gasteiger partial charge in [0.1, 0.15) is 23.2 Å². The zero-order chi connectivity index (χ0) is 23.4. The van der Waals surface area contributed by atoms with Gasteiger partial charge < -0.3 is 19.1 Å². The molecule has 1 aliphatic rings. The Balaban J connectivity index is 1.41. The Hall–Kier alpha value is -3.81. The van der Waals surface area contributed by atoms with Crippen molar-refractivity contribution in [3.8, 4) is 17.1 Å². The predicted molar refractivity (Wildman–Crippen MR) is 121 cm³/mol. The molecular formula is C25H26N2O6. The maximum atomic E-state index is 12.5. The van der Waals surface area contributed by atoms with Crippen LogP contribution in [0.1, 0.15) is 43.5 Å². The summed E-state index contributed by atoms with van der Waals surface area (Å²) in [5.74, 6) is -0.0508. The number of aliphatic carboxylic acids is 1. The lowest BCUT2D eigenvalue weighted by atomic mass is 10.1. The molecule has 1 heterocycles. The Kier molecular flexibility index (Phi) is 6.63. The summed E-state index contributed by atoms with van der Waals surface area (Å²) in [6.07, 6.45) is 0.732. The number of aromatic nitrogens is 1. The molecule has 1 aliphatic carbocycles. The number of amides is 1. The molecule has 4 rings (SSSR count). The summed E-state index contributed by atoms with van der Waals surface area (Å²) in [6, 6.07) is 16.7. The maximum Gasteiger partial charge on any atom is 0.412 e. The third-order valence-electron chi connectivity index (χ3n) is 5.80. The number of aryl methyl sites for hydroxylation is 1. The second kappa shape index (κ2) is 9.77. The summed E-state index contributed by atoms with van der Waals surface area (Å²) in [7, 11) is 0. The Labute approximate surface area is 191 Å². The highest BCUT2D eigenvalue weighted by atomic mass is 16.6. The van der Waals surface area contributed by atoms with Gasteiger partial charge in [0.2, 0.25) is 0 Å². The Bertz CT molecular complexity index is 1110. The van der Waals surface area contributed by atoms with E-state index in [2.05, 4.69) is 10.5 Å². The summed E-state index contributed by atoms with van der Waals surface area (Å²) in [6.45, 7) is 3.54. The van der Waals surface area contributed by atoms with Gasteiger partial charge in [-0.1, -0.05) is 35.5 Å². The van der Waals surface area contributed by atoms with Crippen molar-refractivity contribution in [2.75, 3.05) is 5.32 Å². The van der Waals surface area contributed by atoms with Crippen LogP contribution in [0.5, 0.6) is 5.75 Å². The van der Waals surface area contributed by atoms with Gasteiger partial charge in [-0.3, -0.25) is 10.1 Å². The van der Waals surface area contributed by atoms with E-state index in [9.17, 15) is 9.59 Å². The van der Waals surface area contributed by atoms with Crippen LogP contribution in [0, 0.1) is 12.8 Å². The van der Waals surface area contributed by atoms with Crippen molar-refractivity contribution in [3.63, 3.8) is 0 Å². The second-order valence-electron chi connectivity index (χ2n) is 8.17. The molecule has 8 nitrogen and oxygen atoms in total. The molecule has 8 heteroatoms. The molecular weight excluding hydrogens is 424 g/mol. The molecule has 33 heavy (non-hydrogen) atoms. The number of nitrogens with one attached hydrogen (secondary N) is 1. The molecule has 1 amide bonds. The lowest BCUT2D eigenvalue weighted by Crippen LogP contribution is -2.16. The normalized spacial score (nSPS) is 18.5. The molecule has 1 saturated carbocycles. The average molecular weight is 450 g/mol. The van der Waals surface area contributed by atoms with E-state index in [0.717, 1.165) is 12.0 Å². The number of benzene rings is 2. The van der Waals surface area contributed by atoms with Gasteiger partial charge in [0, 0.05) is 5.56 Å². The van der Waals surface area contributed by atoms with Gasteiger partial charge >= 0.3 is 12.1 Å². The lowest BCUT2D eigenvalue weighted by molar-refractivity contribution is -0.141. The van der Waals surface area contributed by atoms with Crippen LogP contribution in [0.25, 0.3) is 11.3 Å². The maximum absolute atomic E-state index is 12.5.